The summed E-state index contributed by atoms with van der Waals surface area (Å²) in [5.74, 6) is 2.04. The summed E-state index contributed by atoms with van der Waals surface area (Å²) >= 11 is 0. The Labute approximate surface area is 200 Å². The molecule has 0 unspecified atom stereocenters. The van der Waals surface area contributed by atoms with Crippen molar-refractivity contribution in [3.63, 3.8) is 0 Å². The number of hydrogen-bond acceptors (Lipinski definition) is 3. The summed E-state index contributed by atoms with van der Waals surface area (Å²) in [6.45, 7) is 5.12. The minimum Gasteiger partial charge on any atom is -0.477 e. The molecule has 0 radical (unpaired) electrons. The average Bonchev–Trinajstić information content (AvgIpc) is 2.84. The summed E-state index contributed by atoms with van der Waals surface area (Å²) in [6.07, 6.45) is 17.7. The number of nitrogens with zero attached hydrogens (tertiary/aromatic N) is 2. The fourth-order valence-electron chi connectivity index (χ4n) is 5.03. The Morgan fingerprint density at radius 1 is 0.818 bits per heavy atom. The summed E-state index contributed by atoms with van der Waals surface area (Å²) in [6, 6.07) is 9.17. The van der Waals surface area contributed by atoms with Crippen molar-refractivity contribution in [2.75, 3.05) is 6.61 Å². The Morgan fingerprint density at radius 2 is 1.55 bits per heavy atom. The number of ether oxygens (including phenoxy) is 1. The van der Waals surface area contributed by atoms with Gasteiger partial charge in [0.1, 0.15) is 5.82 Å². The maximum Gasteiger partial charge on any atom is 0.233 e. The van der Waals surface area contributed by atoms with Crippen molar-refractivity contribution in [3.05, 3.63) is 41.7 Å². The fraction of sp³-hybridized carbons (Fsp3) is 0.655. The number of hydrogen-bond donors (Lipinski definition) is 0. The smallest absolute Gasteiger partial charge is 0.233 e. The van der Waals surface area contributed by atoms with E-state index in [1.165, 1.54) is 77.0 Å². The fourth-order valence-corrected chi connectivity index (χ4v) is 5.03. The van der Waals surface area contributed by atoms with Crippen molar-refractivity contribution in [2.24, 2.45) is 11.8 Å². The minimum atomic E-state index is -0.213. The van der Waals surface area contributed by atoms with Crippen LogP contribution in [-0.2, 0) is 6.42 Å². The quantitative estimate of drug-likeness (QED) is 0.268. The Kier molecular flexibility index (Phi) is 11.1. The van der Waals surface area contributed by atoms with E-state index in [1.807, 2.05) is 6.07 Å². The third-order valence-electron chi connectivity index (χ3n) is 7.22. The number of aryl methyl sites for hydroxylation is 1. The number of rotatable bonds is 14. The molecule has 0 spiro atoms. The van der Waals surface area contributed by atoms with Gasteiger partial charge < -0.3 is 4.74 Å². The molecule has 182 valence electrons. The summed E-state index contributed by atoms with van der Waals surface area (Å²) in [5.41, 5.74) is 2.15. The lowest BCUT2D eigenvalue weighted by molar-refractivity contribution is 0.249. The zero-order valence-electron chi connectivity index (χ0n) is 20.8. The highest BCUT2D eigenvalue weighted by Gasteiger charge is 2.20. The normalized spacial score (nSPS) is 18.4. The van der Waals surface area contributed by atoms with E-state index in [0.29, 0.717) is 23.7 Å². The third-order valence-corrected chi connectivity index (χ3v) is 7.22. The lowest BCUT2D eigenvalue weighted by Crippen LogP contribution is -2.15. The second-order valence-corrected chi connectivity index (χ2v) is 9.90. The SMILES string of the molecule is CCCCCCOc1ccc(-c2ccc(CCC3CCC(CCCCC)CC3)cc2F)nn1. The van der Waals surface area contributed by atoms with Crippen LogP contribution < -0.4 is 4.74 Å². The van der Waals surface area contributed by atoms with Gasteiger partial charge in [-0.05, 0) is 54.9 Å². The van der Waals surface area contributed by atoms with E-state index in [0.717, 1.165) is 30.2 Å². The monoisotopic (exact) mass is 454 g/mol. The van der Waals surface area contributed by atoms with Crippen molar-refractivity contribution >= 4 is 0 Å². The predicted molar refractivity (Wildman–Crippen MR) is 135 cm³/mol. The molecule has 1 aromatic heterocycles. The molecule has 1 heterocycles. The molecular weight excluding hydrogens is 411 g/mol. The van der Waals surface area contributed by atoms with Crippen molar-refractivity contribution in [1.82, 2.24) is 10.2 Å². The van der Waals surface area contributed by atoms with Crippen LogP contribution in [0.25, 0.3) is 11.3 Å². The molecule has 1 aromatic carbocycles. The van der Waals surface area contributed by atoms with Crippen LogP contribution in [0.4, 0.5) is 4.39 Å². The van der Waals surface area contributed by atoms with Gasteiger partial charge in [0.25, 0.3) is 0 Å². The molecule has 0 N–H and O–H groups in total. The van der Waals surface area contributed by atoms with Gasteiger partial charge in [-0.15, -0.1) is 10.2 Å². The van der Waals surface area contributed by atoms with Crippen LogP contribution in [0, 0.1) is 17.7 Å². The molecule has 1 fully saturated rings. The Bertz CT molecular complexity index is 800. The topological polar surface area (TPSA) is 35.0 Å². The summed E-state index contributed by atoms with van der Waals surface area (Å²) in [4.78, 5) is 0. The van der Waals surface area contributed by atoms with Gasteiger partial charge in [-0.25, -0.2) is 4.39 Å². The van der Waals surface area contributed by atoms with Gasteiger partial charge in [0.2, 0.25) is 5.88 Å². The number of unbranched alkanes of at least 4 members (excludes halogenated alkanes) is 5. The zero-order chi connectivity index (χ0) is 23.3. The van der Waals surface area contributed by atoms with Crippen molar-refractivity contribution in [3.8, 4) is 17.1 Å². The van der Waals surface area contributed by atoms with Crippen LogP contribution in [0.15, 0.2) is 30.3 Å². The van der Waals surface area contributed by atoms with E-state index in [9.17, 15) is 4.39 Å². The third kappa shape index (κ3) is 8.72. The van der Waals surface area contributed by atoms with Crippen LogP contribution >= 0.6 is 0 Å². The van der Waals surface area contributed by atoms with E-state index >= 15 is 0 Å². The molecule has 0 atom stereocenters. The molecule has 0 saturated heterocycles. The molecule has 0 aliphatic heterocycles. The number of benzene rings is 1. The van der Waals surface area contributed by atoms with Gasteiger partial charge in [0, 0.05) is 11.6 Å². The van der Waals surface area contributed by atoms with Crippen molar-refractivity contribution < 1.29 is 9.13 Å². The first kappa shape index (κ1) is 25.6. The maximum absolute atomic E-state index is 14.8. The highest BCUT2D eigenvalue weighted by Crippen LogP contribution is 2.34. The molecule has 2 aromatic rings. The van der Waals surface area contributed by atoms with Crippen molar-refractivity contribution in [1.29, 1.82) is 0 Å². The number of halogens is 1. The molecule has 0 amide bonds. The second kappa shape index (κ2) is 14.3. The van der Waals surface area contributed by atoms with E-state index in [4.69, 9.17) is 4.74 Å². The first-order chi connectivity index (χ1) is 16.2. The Balaban J connectivity index is 1.43. The highest BCUT2D eigenvalue weighted by atomic mass is 19.1. The van der Waals surface area contributed by atoms with Crippen LogP contribution in [0.5, 0.6) is 5.88 Å². The summed E-state index contributed by atoms with van der Waals surface area (Å²) in [7, 11) is 0. The maximum atomic E-state index is 14.8. The lowest BCUT2D eigenvalue weighted by Gasteiger charge is -2.28. The summed E-state index contributed by atoms with van der Waals surface area (Å²) in [5, 5.41) is 8.32. The van der Waals surface area contributed by atoms with E-state index in [1.54, 1.807) is 18.2 Å². The van der Waals surface area contributed by atoms with E-state index in [2.05, 4.69) is 30.1 Å². The molecule has 0 bridgehead atoms. The average molecular weight is 455 g/mol. The van der Waals surface area contributed by atoms with Gasteiger partial charge >= 0.3 is 0 Å². The molecule has 1 aliphatic rings. The first-order valence-electron chi connectivity index (χ1n) is 13.4. The van der Waals surface area contributed by atoms with Crippen LogP contribution in [-0.4, -0.2) is 16.8 Å². The lowest BCUT2D eigenvalue weighted by atomic mass is 9.78. The van der Waals surface area contributed by atoms with Gasteiger partial charge in [-0.1, -0.05) is 90.5 Å². The van der Waals surface area contributed by atoms with Crippen LogP contribution in [0.2, 0.25) is 0 Å². The van der Waals surface area contributed by atoms with Gasteiger partial charge in [-0.3, -0.25) is 0 Å². The van der Waals surface area contributed by atoms with Gasteiger partial charge in [0.15, 0.2) is 0 Å². The predicted octanol–water partition coefficient (Wildman–Crippen LogP) is 8.56. The second-order valence-electron chi connectivity index (χ2n) is 9.90. The zero-order valence-corrected chi connectivity index (χ0v) is 20.8. The largest absolute Gasteiger partial charge is 0.477 e. The molecule has 3 nitrogen and oxygen atoms in total. The van der Waals surface area contributed by atoms with Crippen LogP contribution in [0.1, 0.15) is 103 Å². The van der Waals surface area contributed by atoms with E-state index in [-0.39, 0.29) is 5.82 Å². The Hall–Kier alpha value is -1.97. The van der Waals surface area contributed by atoms with Crippen LogP contribution in [0.3, 0.4) is 0 Å². The standard InChI is InChI=1S/C29H43FN2O/c1-3-5-7-9-21-33-29-20-19-28(31-32-29)26-18-17-25(22-27(26)30)16-15-24-13-11-23(12-14-24)10-8-6-4-2/h17-20,22-24H,3-16,21H2,1-2H3. The molecule has 3 rings (SSSR count). The molecular formula is C29H43FN2O. The minimum absolute atomic E-state index is 0.213. The Morgan fingerprint density at radius 3 is 2.21 bits per heavy atom. The number of aromatic nitrogens is 2. The van der Waals surface area contributed by atoms with Gasteiger partial charge in [0.05, 0.1) is 12.3 Å². The van der Waals surface area contributed by atoms with Crippen molar-refractivity contribution in [2.45, 2.75) is 104 Å². The highest BCUT2D eigenvalue weighted by molar-refractivity contribution is 5.60. The molecule has 33 heavy (non-hydrogen) atoms. The molecule has 4 heteroatoms. The van der Waals surface area contributed by atoms with Gasteiger partial charge in [-0.2, -0.15) is 0 Å². The first-order valence-corrected chi connectivity index (χ1v) is 13.4. The van der Waals surface area contributed by atoms with E-state index < -0.39 is 0 Å². The molecule has 1 aliphatic carbocycles. The summed E-state index contributed by atoms with van der Waals surface area (Å²) < 4.78 is 20.5. The molecule has 1 saturated carbocycles.